The van der Waals surface area contributed by atoms with Crippen LogP contribution in [-0.2, 0) is 6.54 Å². The summed E-state index contributed by atoms with van der Waals surface area (Å²) < 4.78 is 0. The number of aliphatic hydroxyl groups excluding tert-OH is 1. The molecule has 2 heterocycles. The van der Waals surface area contributed by atoms with Crippen LogP contribution >= 0.6 is 0 Å². The average molecular weight is 178 g/mol. The van der Waals surface area contributed by atoms with Crippen molar-refractivity contribution in [1.82, 2.24) is 9.88 Å². The topological polar surface area (TPSA) is 36.4 Å². The second-order valence-corrected chi connectivity index (χ2v) is 3.53. The first kappa shape index (κ1) is 8.66. The standard InChI is InChI=1S/C10H14N2O/c13-10-3-6-12(8-10)7-9-1-4-11-5-2-9/h1-2,4-5,10,13H,3,6-8H2. The Hall–Kier alpha value is -0.930. The number of aromatic nitrogens is 1. The van der Waals surface area contributed by atoms with Gasteiger partial charge in [0.25, 0.3) is 0 Å². The minimum atomic E-state index is -0.123. The first-order valence-corrected chi connectivity index (χ1v) is 4.64. The molecule has 2 rings (SSSR count). The number of aliphatic hydroxyl groups is 1. The number of hydrogen-bond donors (Lipinski definition) is 1. The second-order valence-electron chi connectivity index (χ2n) is 3.53. The largest absolute Gasteiger partial charge is 0.392 e. The molecule has 3 heteroatoms. The number of pyridine rings is 1. The fourth-order valence-electron chi connectivity index (χ4n) is 1.70. The van der Waals surface area contributed by atoms with Crippen LogP contribution in [-0.4, -0.2) is 34.2 Å². The van der Waals surface area contributed by atoms with Gasteiger partial charge in [0.1, 0.15) is 0 Å². The monoisotopic (exact) mass is 178 g/mol. The van der Waals surface area contributed by atoms with Gasteiger partial charge in [-0.05, 0) is 24.1 Å². The molecule has 13 heavy (non-hydrogen) atoms. The molecule has 0 bridgehead atoms. The lowest BCUT2D eigenvalue weighted by Crippen LogP contribution is -2.21. The van der Waals surface area contributed by atoms with Gasteiger partial charge in [0.15, 0.2) is 0 Å². The zero-order valence-electron chi connectivity index (χ0n) is 7.56. The lowest BCUT2D eigenvalue weighted by molar-refractivity contribution is 0.175. The minimum Gasteiger partial charge on any atom is -0.392 e. The van der Waals surface area contributed by atoms with Gasteiger partial charge in [0.05, 0.1) is 6.10 Å². The predicted molar refractivity (Wildman–Crippen MR) is 50.1 cm³/mol. The Morgan fingerprint density at radius 1 is 1.46 bits per heavy atom. The first-order valence-electron chi connectivity index (χ1n) is 4.64. The van der Waals surface area contributed by atoms with E-state index < -0.39 is 0 Å². The molecule has 0 aromatic carbocycles. The van der Waals surface area contributed by atoms with Gasteiger partial charge >= 0.3 is 0 Å². The molecule has 0 radical (unpaired) electrons. The fraction of sp³-hybridized carbons (Fsp3) is 0.500. The summed E-state index contributed by atoms with van der Waals surface area (Å²) in [6, 6.07) is 4.04. The maximum atomic E-state index is 9.32. The summed E-state index contributed by atoms with van der Waals surface area (Å²) in [7, 11) is 0. The number of rotatable bonds is 2. The molecule has 1 N–H and O–H groups in total. The van der Waals surface area contributed by atoms with Crippen molar-refractivity contribution in [3.63, 3.8) is 0 Å². The summed E-state index contributed by atoms with van der Waals surface area (Å²) in [6.45, 7) is 2.74. The molecule has 1 fully saturated rings. The minimum absolute atomic E-state index is 0.123. The Kier molecular flexibility index (Phi) is 2.57. The molecule has 3 nitrogen and oxygen atoms in total. The summed E-state index contributed by atoms with van der Waals surface area (Å²) >= 11 is 0. The summed E-state index contributed by atoms with van der Waals surface area (Å²) in [4.78, 5) is 6.23. The van der Waals surface area contributed by atoms with E-state index in [2.05, 4.69) is 9.88 Å². The van der Waals surface area contributed by atoms with Crippen molar-refractivity contribution < 1.29 is 5.11 Å². The highest BCUT2D eigenvalue weighted by atomic mass is 16.3. The summed E-state index contributed by atoms with van der Waals surface area (Å²) in [6.07, 6.45) is 4.40. The Labute approximate surface area is 78.0 Å². The Morgan fingerprint density at radius 2 is 2.23 bits per heavy atom. The third-order valence-electron chi connectivity index (χ3n) is 2.40. The van der Waals surface area contributed by atoms with Gasteiger partial charge in [0, 0.05) is 32.0 Å². The van der Waals surface area contributed by atoms with Crippen LogP contribution in [0.15, 0.2) is 24.5 Å². The molecule has 0 saturated carbocycles. The van der Waals surface area contributed by atoms with Crippen LogP contribution in [0.2, 0.25) is 0 Å². The molecular formula is C10H14N2O. The van der Waals surface area contributed by atoms with Gasteiger partial charge < -0.3 is 5.11 Å². The highest BCUT2D eigenvalue weighted by molar-refractivity contribution is 5.09. The fourth-order valence-corrected chi connectivity index (χ4v) is 1.70. The van der Waals surface area contributed by atoms with Crippen LogP contribution in [0.5, 0.6) is 0 Å². The number of β-amino-alcohol motifs (C(OH)–C–C–N with tert-alkyl or cyclic N) is 1. The molecule has 1 aromatic rings. The lowest BCUT2D eigenvalue weighted by atomic mass is 10.2. The molecule has 1 aliphatic heterocycles. The quantitative estimate of drug-likeness (QED) is 0.722. The van der Waals surface area contributed by atoms with E-state index in [9.17, 15) is 5.11 Å². The summed E-state index contributed by atoms with van der Waals surface area (Å²) in [5.74, 6) is 0. The Balaban J connectivity index is 1.92. The third kappa shape index (κ3) is 2.26. The number of likely N-dealkylation sites (tertiary alicyclic amines) is 1. The molecule has 70 valence electrons. The number of hydrogen-bond acceptors (Lipinski definition) is 3. The van der Waals surface area contributed by atoms with Gasteiger partial charge in [-0.25, -0.2) is 0 Å². The van der Waals surface area contributed by atoms with Crippen molar-refractivity contribution in [2.45, 2.75) is 19.1 Å². The van der Waals surface area contributed by atoms with Gasteiger partial charge in [-0.3, -0.25) is 9.88 Å². The zero-order chi connectivity index (χ0) is 9.10. The molecule has 1 saturated heterocycles. The molecule has 0 aliphatic carbocycles. The van der Waals surface area contributed by atoms with Crippen LogP contribution in [0.1, 0.15) is 12.0 Å². The smallest absolute Gasteiger partial charge is 0.0679 e. The molecule has 1 unspecified atom stereocenters. The van der Waals surface area contributed by atoms with Gasteiger partial charge in [-0.15, -0.1) is 0 Å². The van der Waals surface area contributed by atoms with Crippen molar-refractivity contribution in [2.24, 2.45) is 0 Å². The SMILES string of the molecule is OC1CCN(Cc2ccncc2)C1. The highest BCUT2D eigenvalue weighted by Crippen LogP contribution is 2.12. The van der Waals surface area contributed by atoms with E-state index in [0.717, 1.165) is 26.1 Å². The Bertz CT molecular complexity index is 263. The van der Waals surface area contributed by atoms with Crippen molar-refractivity contribution >= 4 is 0 Å². The van der Waals surface area contributed by atoms with E-state index in [4.69, 9.17) is 0 Å². The van der Waals surface area contributed by atoms with Crippen LogP contribution in [0.25, 0.3) is 0 Å². The van der Waals surface area contributed by atoms with E-state index in [1.807, 2.05) is 24.5 Å². The predicted octanol–water partition coefficient (Wildman–Crippen LogP) is 0.648. The summed E-state index contributed by atoms with van der Waals surface area (Å²) in [5, 5.41) is 9.32. The van der Waals surface area contributed by atoms with E-state index in [-0.39, 0.29) is 6.10 Å². The van der Waals surface area contributed by atoms with Crippen LogP contribution in [0, 0.1) is 0 Å². The van der Waals surface area contributed by atoms with E-state index in [1.54, 1.807) is 0 Å². The lowest BCUT2D eigenvalue weighted by Gasteiger charge is -2.14. The van der Waals surface area contributed by atoms with Gasteiger partial charge in [0.2, 0.25) is 0 Å². The number of nitrogens with zero attached hydrogens (tertiary/aromatic N) is 2. The van der Waals surface area contributed by atoms with Gasteiger partial charge in [-0.1, -0.05) is 0 Å². The molecule has 1 aromatic heterocycles. The van der Waals surface area contributed by atoms with Crippen molar-refractivity contribution in [3.05, 3.63) is 30.1 Å². The maximum Gasteiger partial charge on any atom is 0.0679 e. The zero-order valence-corrected chi connectivity index (χ0v) is 7.56. The van der Waals surface area contributed by atoms with Crippen LogP contribution in [0.4, 0.5) is 0 Å². The second kappa shape index (κ2) is 3.85. The first-order chi connectivity index (χ1) is 6.34. The summed E-state index contributed by atoms with van der Waals surface area (Å²) in [5.41, 5.74) is 1.27. The molecule has 0 amide bonds. The molecule has 1 aliphatic rings. The van der Waals surface area contributed by atoms with Crippen LogP contribution < -0.4 is 0 Å². The Morgan fingerprint density at radius 3 is 2.85 bits per heavy atom. The van der Waals surface area contributed by atoms with Crippen molar-refractivity contribution in [2.75, 3.05) is 13.1 Å². The van der Waals surface area contributed by atoms with Crippen LogP contribution in [0.3, 0.4) is 0 Å². The van der Waals surface area contributed by atoms with Gasteiger partial charge in [-0.2, -0.15) is 0 Å². The molecular weight excluding hydrogens is 164 g/mol. The maximum absolute atomic E-state index is 9.32. The average Bonchev–Trinajstić information content (AvgIpc) is 2.53. The third-order valence-corrected chi connectivity index (χ3v) is 2.40. The molecule has 0 spiro atoms. The normalized spacial score (nSPS) is 23.6. The van der Waals surface area contributed by atoms with E-state index in [1.165, 1.54) is 5.56 Å². The van der Waals surface area contributed by atoms with Crippen molar-refractivity contribution in [3.8, 4) is 0 Å². The van der Waals surface area contributed by atoms with E-state index >= 15 is 0 Å². The molecule has 1 atom stereocenters. The highest BCUT2D eigenvalue weighted by Gasteiger charge is 2.19. The van der Waals surface area contributed by atoms with E-state index in [0.29, 0.717) is 0 Å². The van der Waals surface area contributed by atoms with Crippen molar-refractivity contribution in [1.29, 1.82) is 0 Å².